The van der Waals surface area contributed by atoms with Crippen LogP contribution in [0.3, 0.4) is 0 Å². The first-order chi connectivity index (χ1) is 32.1. The van der Waals surface area contributed by atoms with Crippen molar-refractivity contribution >= 4 is 40.0 Å². The zero-order valence-electron chi connectivity index (χ0n) is 35.3. The summed E-state index contributed by atoms with van der Waals surface area (Å²) in [5.41, 5.74) is 12.6. The molecule has 0 aliphatic carbocycles. The molecule has 8 heteroatoms. The fourth-order valence-electron chi connectivity index (χ4n) is 9.31. The van der Waals surface area contributed by atoms with E-state index in [0.29, 0.717) is 0 Å². The van der Waals surface area contributed by atoms with Crippen LogP contribution < -0.4 is 29.1 Å². The standard InChI is InChI=1S/C57H42N6OP/c64-65(49-31-25-43(26-32-49)52-40-58-37-13-10-22-55(58)61(52)46-16-4-1-5-17-46,50-33-27-44(28-34-50)53-41-59-38-14-11-23-56(59)62(53)47-18-6-2-7-19-47)51-35-29-45(30-36-51)54-42-60-39-15-12-24-57(60)63(54)48-20-8-3-9-21-48/h1-42H/q+3. The normalized spacial score (nSPS) is 11.8. The summed E-state index contributed by atoms with van der Waals surface area (Å²) in [6, 6.07) is 75.0. The molecule has 6 heterocycles. The van der Waals surface area contributed by atoms with Gasteiger partial charge in [-0.15, -0.1) is 0 Å². The molecule has 0 saturated heterocycles. The highest BCUT2D eigenvalue weighted by molar-refractivity contribution is 7.85. The molecule has 0 radical (unpaired) electrons. The summed E-state index contributed by atoms with van der Waals surface area (Å²) < 4.78 is 29.7. The lowest BCUT2D eigenvalue weighted by molar-refractivity contribution is -0.510. The second-order valence-corrected chi connectivity index (χ2v) is 19.0. The number of pyridine rings is 3. The van der Waals surface area contributed by atoms with E-state index < -0.39 is 7.14 Å². The molecule has 6 aromatic carbocycles. The number of para-hydroxylation sites is 3. The zero-order chi connectivity index (χ0) is 43.3. The van der Waals surface area contributed by atoms with Crippen molar-refractivity contribution in [3.05, 3.63) is 256 Å². The molecule has 0 aliphatic heterocycles. The Morgan fingerprint density at radius 1 is 0.292 bits per heavy atom. The molecule has 12 aromatic rings. The largest absolute Gasteiger partial charge is 0.309 e. The molecule has 6 aromatic heterocycles. The Balaban J connectivity index is 0.995. The Kier molecular flexibility index (Phi) is 9.29. The summed E-state index contributed by atoms with van der Waals surface area (Å²) in [5.74, 6) is 0. The van der Waals surface area contributed by atoms with Gasteiger partial charge in [-0.2, -0.15) is 13.7 Å². The Labute approximate surface area is 376 Å². The molecule has 0 fully saturated rings. The minimum atomic E-state index is -3.44. The fraction of sp³-hybridized carbons (Fsp3) is 0. The molecule has 7 nitrogen and oxygen atoms in total. The smallest absolute Gasteiger partial charge is 0.291 e. The lowest BCUT2D eigenvalue weighted by Crippen LogP contribution is -2.25. The molecular formula is C57H42N6OP+3. The van der Waals surface area contributed by atoms with E-state index in [2.05, 4.69) is 246 Å². The Hall–Kier alpha value is -8.38. The first-order valence-electron chi connectivity index (χ1n) is 21.8. The Morgan fingerprint density at radius 3 is 0.831 bits per heavy atom. The summed E-state index contributed by atoms with van der Waals surface area (Å²) in [7, 11) is -3.44. The third kappa shape index (κ3) is 6.52. The van der Waals surface area contributed by atoms with Gasteiger partial charge >= 0.3 is 0 Å². The highest BCUT2D eigenvalue weighted by atomic mass is 31.2. The summed E-state index contributed by atoms with van der Waals surface area (Å²) in [5, 5.41) is 2.29. The first-order valence-corrected chi connectivity index (χ1v) is 23.5. The molecule has 0 bridgehead atoms. The molecule has 0 unspecified atom stereocenters. The van der Waals surface area contributed by atoms with Crippen LogP contribution in [0, 0.1) is 0 Å². The van der Waals surface area contributed by atoms with E-state index in [9.17, 15) is 0 Å². The number of hydrogen-bond donors (Lipinski definition) is 0. The lowest BCUT2D eigenvalue weighted by Gasteiger charge is -2.21. The second-order valence-electron chi connectivity index (χ2n) is 16.2. The van der Waals surface area contributed by atoms with E-state index in [-0.39, 0.29) is 0 Å². The third-order valence-electron chi connectivity index (χ3n) is 12.4. The first kappa shape index (κ1) is 38.3. The van der Waals surface area contributed by atoms with E-state index >= 15 is 4.57 Å². The van der Waals surface area contributed by atoms with E-state index in [4.69, 9.17) is 0 Å². The average Bonchev–Trinajstić information content (AvgIpc) is 4.10. The SMILES string of the molecule is O=P(c1ccc(-c2c[n+]3ccccc3n2-c2ccccc2)cc1)(c1ccc(-c2c[n+]3ccccc3n2-c2ccccc2)cc1)c1ccc(-c2c[n+]3ccccc3n2-c2ccccc2)cc1. The quantitative estimate of drug-likeness (QED) is 0.105. The molecule has 0 amide bonds. The maximum atomic E-state index is 16.4. The van der Waals surface area contributed by atoms with Gasteiger partial charge in [0.05, 0.1) is 18.6 Å². The predicted molar refractivity (Wildman–Crippen MR) is 260 cm³/mol. The van der Waals surface area contributed by atoms with Crippen LogP contribution in [0.15, 0.2) is 256 Å². The van der Waals surface area contributed by atoms with E-state index in [0.717, 1.165) is 83.7 Å². The number of aromatic nitrogens is 6. The molecule has 0 spiro atoms. The predicted octanol–water partition coefficient (Wildman–Crippen LogP) is 9.92. The van der Waals surface area contributed by atoms with Crippen LogP contribution >= 0.6 is 7.14 Å². The summed E-state index contributed by atoms with van der Waals surface area (Å²) in [6.07, 6.45) is 12.7. The average molecular weight is 858 g/mol. The lowest BCUT2D eigenvalue weighted by atomic mass is 10.1. The number of fused-ring (bicyclic) bond motifs is 3. The molecule has 0 N–H and O–H groups in total. The Bertz CT molecular complexity index is 3320. The summed E-state index contributed by atoms with van der Waals surface area (Å²) >= 11 is 0. The molecule has 0 aliphatic rings. The van der Waals surface area contributed by atoms with Crippen molar-refractivity contribution in [2.24, 2.45) is 0 Å². The van der Waals surface area contributed by atoms with Gasteiger partial charge in [0.2, 0.25) is 0 Å². The van der Waals surface area contributed by atoms with Crippen LogP contribution in [0.4, 0.5) is 0 Å². The van der Waals surface area contributed by atoms with Gasteiger partial charge in [-0.3, -0.25) is 0 Å². The van der Waals surface area contributed by atoms with Gasteiger partial charge in [-0.1, -0.05) is 109 Å². The van der Waals surface area contributed by atoms with Gasteiger partial charge in [0.15, 0.2) is 24.2 Å². The molecular weight excluding hydrogens is 816 g/mol. The zero-order valence-corrected chi connectivity index (χ0v) is 36.2. The van der Waals surface area contributed by atoms with Crippen molar-refractivity contribution < 1.29 is 17.8 Å². The molecule has 0 saturated carbocycles. The number of imidazole rings is 3. The van der Waals surface area contributed by atoms with E-state index in [1.807, 2.05) is 36.4 Å². The maximum absolute atomic E-state index is 16.4. The van der Waals surface area contributed by atoms with Gasteiger partial charge in [0.25, 0.3) is 16.9 Å². The maximum Gasteiger partial charge on any atom is 0.291 e. The van der Waals surface area contributed by atoms with Crippen LogP contribution in [0.5, 0.6) is 0 Å². The molecule has 65 heavy (non-hydrogen) atoms. The van der Waals surface area contributed by atoms with Crippen molar-refractivity contribution in [3.63, 3.8) is 0 Å². The number of nitrogens with zero attached hydrogens (tertiary/aromatic N) is 6. The number of hydrogen-bond acceptors (Lipinski definition) is 1. The molecule has 0 atom stereocenters. The second kappa shape index (κ2) is 15.8. The van der Waals surface area contributed by atoms with Crippen molar-refractivity contribution in [1.29, 1.82) is 0 Å². The van der Waals surface area contributed by atoms with Crippen molar-refractivity contribution in [3.8, 4) is 50.8 Å². The van der Waals surface area contributed by atoms with Gasteiger partial charge in [0.1, 0.15) is 35.7 Å². The highest BCUT2D eigenvalue weighted by Crippen LogP contribution is 2.44. The Morgan fingerprint density at radius 2 is 0.554 bits per heavy atom. The third-order valence-corrected chi connectivity index (χ3v) is 15.5. The van der Waals surface area contributed by atoms with Crippen molar-refractivity contribution in [1.82, 2.24) is 13.7 Å². The number of benzene rings is 6. The summed E-state index contributed by atoms with van der Waals surface area (Å²) in [4.78, 5) is 0. The minimum absolute atomic E-state index is 0.764. The highest BCUT2D eigenvalue weighted by Gasteiger charge is 2.32. The number of rotatable bonds is 9. The van der Waals surface area contributed by atoms with Crippen LogP contribution in [0.2, 0.25) is 0 Å². The van der Waals surface area contributed by atoms with Crippen molar-refractivity contribution in [2.45, 2.75) is 0 Å². The van der Waals surface area contributed by atoms with Gasteiger partial charge < -0.3 is 4.57 Å². The summed E-state index contributed by atoms with van der Waals surface area (Å²) in [6.45, 7) is 0. The van der Waals surface area contributed by atoms with Crippen LogP contribution in [0.25, 0.3) is 67.8 Å². The fourth-order valence-corrected chi connectivity index (χ4v) is 11.9. The monoisotopic (exact) mass is 857 g/mol. The van der Waals surface area contributed by atoms with Crippen LogP contribution in [-0.2, 0) is 4.57 Å². The molecule has 308 valence electrons. The van der Waals surface area contributed by atoms with Crippen LogP contribution in [0.1, 0.15) is 0 Å². The minimum Gasteiger partial charge on any atom is -0.309 e. The van der Waals surface area contributed by atoms with Crippen LogP contribution in [-0.4, -0.2) is 13.7 Å². The van der Waals surface area contributed by atoms with Crippen molar-refractivity contribution in [2.75, 3.05) is 0 Å². The van der Waals surface area contributed by atoms with E-state index in [1.54, 1.807) is 0 Å². The topological polar surface area (TPSA) is 44.2 Å². The van der Waals surface area contributed by atoms with Gasteiger partial charge in [-0.25, -0.2) is 13.2 Å². The van der Waals surface area contributed by atoms with Gasteiger partial charge in [0, 0.05) is 50.8 Å². The van der Waals surface area contributed by atoms with E-state index in [1.165, 1.54) is 0 Å². The molecule has 12 rings (SSSR count). The van der Waals surface area contributed by atoms with Gasteiger partial charge in [-0.05, 0) is 91.0 Å².